The molecule has 0 fully saturated rings. The molecule has 0 heterocycles. The number of phenols is 1. The maximum Gasteiger partial charge on any atom is 0.122 e. The lowest BCUT2D eigenvalue weighted by Crippen LogP contribution is -1.97. The van der Waals surface area contributed by atoms with Crippen LogP contribution in [0.25, 0.3) is 0 Å². The normalized spacial score (nSPS) is 9.70. The highest BCUT2D eigenvalue weighted by atomic mass is 16.5. The van der Waals surface area contributed by atoms with Crippen molar-refractivity contribution in [3.05, 3.63) is 59.2 Å². The molecule has 3 nitrogen and oxygen atoms in total. The van der Waals surface area contributed by atoms with Gasteiger partial charge in [0, 0.05) is 5.56 Å². The van der Waals surface area contributed by atoms with Crippen molar-refractivity contribution >= 4 is 0 Å². The number of phenolic OH excluding ortho intramolecular Hbond substituents is 1. The molecule has 3 heteroatoms. The molecule has 0 atom stereocenters. The van der Waals surface area contributed by atoms with E-state index in [4.69, 9.17) is 10.5 Å². The van der Waals surface area contributed by atoms with Gasteiger partial charge in [-0.25, -0.2) is 0 Å². The van der Waals surface area contributed by atoms with E-state index in [2.05, 4.69) is 11.8 Å². The Morgan fingerprint density at radius 3 is 2.75 bits per heavy atom. The predicted octanol–water partition coefficient (Wildman–Crippen LogP) is 2.59. The summed E-state index contributed by atoms with van der Waals surface area (Å²) in [7, 11) is 0. The van der Waals surface area contributed by atoms with Gasteiger partial charge in [0.15, 0.2) is 0 Å². The van der Waals surface area contributed by atoms with Gasteiger partial charge in [0.2, 0.25) is 0 Å². The Morgan fingerprint density at radius 1 is 1.20 bits per heavy atom. The summed E-state index contributed by atoms with van der Waals surface area (Å²) in [5, 5.41) is 9.40. The van der Waals surface area contributed by atoms with Crippen LogP contribution in [0.15, 0.2) is 42.5 Å². The molecular formula is C17H17NO2. The first-order valence-electron chi connectivity index (χ1n) is 6.39. The van der Waals surface area contributed by atoms with Crippen LogP contribution in [0, 0.1) is 18.8 Å². The summed E-state index contributed by atoms with van der Waals surface area (Å²) in [5.74, 6) is 6.87. The lowest BCUT2D eigenvalue weighted by atomic mass is 10.1. The Kier molecular flexibility index (Phi) is 4.65. The van der Waals surface area contributed by atoms with Gasteiger partial charge in [-0.2, -0.15) is 0 Å². The van der Waals surface area contributed by atoms with E-state index in [1.54, 1.807) is 18.2 Å². The molecule has 2 aromatic rings. The van der Waals surface area contributed by atoms with Crippen molar-refractivity contribution in [2.45, 2.75) is 13.5 Å². The highest BCUT2D eigenvalue weighted by Crippen LogP contribution is 2.21. The molecule has 0 spiro atoms. The third kappa shape index (κ3) is 3.78. The van der Waals surface area contributed by atoms with Crippen molar-refractivity contribution in [1.29, 1.82) is 0 Å². The summed E-state index contributed by atoms with van der Waals surface area (Å²) in [5.41, 5.74) is 8.23. The molecule has 0 aliphatic heterocycles. The van der Waals surface area contributed by atoms with Crippen LogP contribution in [0.5, 0.6) is 11.5 Å². The molecule has 0 aliphatic rings. The smallest absolute Gasteiger partial charge is 0.122 e. The molecule has 0 unspecified atom stereocenters. The number of hydrogen-bond acceptors (Lipinski definition) is 3. The molecule has 0 radical (unpaired) electrons. The number of aromatic hydroxyl groups is 1. The quantitative estimate of drug-likeness (QED) is 0.840. The largest absolute Gasteiger partial charge is 0.508 e. The maximum absolute atomic E-state index is 9.40. The Morgan fingerprint density at radius 2 is 2.05 bits per heavy atom. The Balaban J connectivity index is 2.06. The molecule has 0 bridgehead atoms. The summed E-state index contributed by atoms with van der Waals surface area (Å²) >= 11 is 0. The van der Waals surface area contributed by atoms with Gasteiger partial charge >= 0.3 is 0 Å². The number of ether oxygens (including phenoxy) is 1. The summed E-state index contributed by atoms with van der Waals surface area (Å²) in [6.45, 7) is 2.75. The minimum Gasteiger partial charge on any atom is -0.508 e. The molecule has 2 aromatic carbocycles. The van der Waals surface area contributed by atoms with Crippen LogP contribution >= 0.6 is 0 Å². The van der Waals surface area contributed by atoms with Crippen LogP contribution in [0.1, 0.15) is 16.7 Å². The van der Waals surface area contributed by atoms with E-state index in [9.17, 15) is 5.11 Å². The molecule has 102 valence electrons. The van der Waals surface area contributed by atoms with E-state index >= 15 is 0 Å². The van der Waals surface area contributed by atoms with Gasteiger partial charge in [-0.1, -0.05) is 24.0 Å². The summed E-state index contributed by atoms with van der Waals surface area (Å²) in [4.78, 5) is 0. The predicted molar refractivity (Wildman–Crippen MR) is 79.6 cm³/mol. The zero-order valence-corrected chi connectivity index (χ0v) is 11.4. The molecule has 0 saturated carbocycles. The summed E-state index contributed by atoms with van der Waals surface area (Å²) in [6, 6.07) is 12.8. The molecule has 0 aromatic heterocycles. The Hall–Kier alpha value is -2.44. The molecular weight excluding hydrogens is 250 g/mol. The minimum atomic E-state index is 0.246. The van der Waals surface area contributed by atoms with Gasteiger partial charge in [0.05, 0.1) is 6.54 Å². The maximum atomic E-state index is 9.40. The molecule has 0 saturated heterocycles. The first kappa shape index (κ1) is 14.0. The minimum absolute atomic E-state index is 0.246. The van der Waals surface area contributed by atoms with Gasteiger partial charge in [-0.15, -0.1) is 0 Å². The van der Waals surface area contributed by atoms with E-state index < -0.39 is 0 Å². The number of nitrogens with two attached hydrogens (primary N) is 1. The van der Waals surface area contributed by atoms with Gasteiger partial charge in [-0.05, 0) is 48.4 Å². The molecule has 0 aliphatic carbocycles. The van der Waals surface area contributed by atoms with Gasteiger partial charge in [0.1, 0.15) is 18.1 Å². The number of benzene rings is 2. The fourth-order valence-electron chi connectivity index (χ4n) is 1.85. The highest BCUT2D eigenvalue weighted by Gasteiger charge is 2.01. The number of rotatable bonds is 3. The second-order valence-corrected chi connectivity index (χ2v) is 4.44. The van der Waals surface area contributed by atoms with Crippen molar-refractivity contribution in [3.8, 4) is 23.3 Å². The second-order valence-electron chi connectivity index (χ2n) is 4.44. The highest BCUT2D eigenvalue weighted by molar-refractivity contribution is 5.43. The molecule has 20 heavy (non-hydrogen) atoms. The van der Waals surface area contributed by atoms with Crippen molar-refractivity contribution < 1.29 is 9.84 Å². The Labute approximate surface area is 119 Å². The van der Waals surface area contributed by atoms with Crippen molar-refractivity contribution in [2.24, 2.45) is 5.73 Å². The SMILES string of the molecule is Cc1cc(C#CCN)ccc1OCc1cccc(O)c1. The number of aryl methyl sites for hydroxylation is 1. The average Bonchev–Trinajstić information content (AvgIpc) is 2.44. The zero-order chi connectivity index (χ0) is 14.4. The third-order valence-corrected chi connectivity index (χ3v) is 2.81. The van der Waals surface area contributed by atoms with Crippen molar-refractivity contribution in [1.82, 2.24) is 0 Å². The van der Waals surface area contributed by atoms with Crippen LogP contribution < -0.4 is 10.5 Å². The van der Waals surface area contributed by atoms with E-state index in [-0.39, 0.29) is 5.75 Å². The molecule has 3 N–H and O–H groups in total. The fraction of sp³-hybridized carbons (Fsp3) is 0.176. The first-order valence-corrected chi connectivity index (χ1v) is 6.39. The first-order chi connectivity index (χ1) is 9.69. The van der Waals surface area contributed by atoms with Gasteiger partial charge in [0.25, 0.3) is 0 Å². The second kappa shape index (κ2) is 6.65. The van der Waals surface area contributed by atoms with Crippen molar-refractivity contribution in [3.63, 3.8) is 0 Å². The van der Waals surface area contributed by atoms with E-state index in [0.29, 0.717) is 13.2 Å². The van der Waals surface area contributed by atoms with Gasteiger partial charge < -0.3 is 15.6 Å². The molecule has 0 amide bonds. The fourth-order valence-corrected chi connectivity index (χ4v) is 1.85. The zero-order valence-electron chi connectivity index (χ0n) is 11.4. The topological polar surface area (TPSA) is 55.5 Å². The number of hydrogen-bond donors (Lipinski definition) is 2. The third-order valence-electron chi connectivity index (χ3n) is 2.81. The monoisotopic (exact) mass is 267 g/mol. The standard InChI is InChI=1S/C17H17NO2/c1-13-10-14(5-3-9-18)7-8-17(13)20-12-15-4-2-6-16(19)11-15/h2,4,6-8,10-11,19H,9,12,18H2,1H3. The van der Waals surface area contributed by atoms with Crippen LogP contribution in [-0.2, 0) is 6.61 Å². The van der Waals surface area contributed by atoms with E-state index in [0.717, 1.165) is 22.4 Å². The van der Waals surface area contributed by atoms with Crippen LogP contribution in [0.4, 0.5) is 0 Å². The lowest BCUT2D eigenvalue weighted by molar-refractivity contribution is 0.303. The van der Waals surface area contributed by atoms with Gasteiger partial charge in [-0.3, -0.25) is 0 Å². The van der Waals surface area contributed by atoms with Crippen LogP contribution in [0.2, 0.25) is 0 Å². The van der Waals surface area contributed by atoms with E-state index in [1.807, 2.05) is 31.2 Å². The summed E-state index contributed by atoms with van der Waals surface area (Å²) in [6.07, 6.45) is 0. The molecule has 2 rings (SSSR count). The van der Waals surface area contributed by atoms with E-state index in [1.165, 1.54) is 0 Å². The van der Waals surface area contributed by atoms with Crippen LogP contribution in [0.3, 0.4) is 0 Å². The Bertz CT molecular complexity index is 654. The lowest BCUT2D eigenvalue weighted by Gasteiger charge is -2.09. The summed E-state index contributed by atoms with van der Waals surface area (Å²) < 4.78 is 5.75. The van der Waals surface area contributed by atoms with Crippen molar-refractivity contribution in [2.75, 3.05) is 6.54 Å². The van der Waals surface area contributed by atoms with Crippen LogP contribution in [-0.4, -0.2) is 11.7 Å². The average molecular weight is 267 g/mol.